The topological polar surface area (TPSA) is 53.5 Å². The van der Waals surface area contributed by atoms with Crippen LogP contribution in [-0.2, 0) is 16.4 Å². The number of para-hydroxylation sites is 1. The average Bonchev–Trinajstić information content (AvgIpc) is 3.17. The maximum absolute atomic E-state index is 13.2. The zero-order chi connectivity index (χ0) is 20.0. The second-order valence-electron chi connectivity index (χ2n) is 8.01. The molecule has 0 bridgehead atoms. The summed E-state index contributed by atoms with van der Waals surface area (Å²) in [6.07, 6.45) is 3.97. The van der Waals surface area contributed by atoms with Crippen molar-refractivity contribution < 1.29 is 8.42 Å². The number of hydrogen-bond acceptors (Lipinski definition) is 4. The molecular formula is C23H25N3O2S. The molecule has 29 heavy (non-hydrogen) atoms. The van der Waals surface area contributed by atoms with E-state index in [0.717, 1.165) is 48.9 Å². The van der Waals surface area contributed by atoms with Crippen molar-refractivity contribution in [2.75, 3.05) is 18.0 Å². The minimum Gasteiger partial charge on any atom is -0.326 e. The molecule has 1 aromatic heterocycles. The van der Waals surface area contributed by atoms with E-state index in [1.165, 1.54) is 11.3 Å². The molecule has 2 aromatic carbocycles. The van der Waals surface area contributed by atoms with Crippen LogP contribution in [0.15, 0.2) is 59.5 Å². The highest BCUT2D eigenvalue weighted by molar-refractivity contribution is 7.89. The Kier molecular flexibility index (Phi) is 4.56. The molecule has 0 spiro atoms. The van der Waals surface area contributed by atoms with Gasteiger partial charge in [0.25, 0.3) is 0 Å². The first kappa shape index (κ1) is 18.6. The van der Waals surface area contributed by atoms with Crippen molar-refractivity contribution in [3.63, 3.8) is 0 Å². The van der Waals surface area contributed by atoms with Crippen LogP contribution >= 0.6 is 0 Å². The number of aromatic nitrogens is 1. The molecule has 5 rings (SSSR count). The van der Waals surface area contributed by atoms with Gasteiger partial charge in [-0.2, -0.15) is 4.31 Å². The summed E-state index contributed by atoms with van der Waals surface area (Å²) in [5.41, 5.74) is 3.36. The van der Waals surface area contributed by atoms with E-state index in [0.29, 0.717) is 11.4 Å². The Morgan fingerprint density at radius 2 is 1.86 bits per heavy atom. The van der Waals surface area contributed by atoms with Crippen LogP contribution in [0.3, 0.4) is 0 Å². The van der Waals surface area contributed by atoms with E-state index in [1.54, 1.807) is 16.4 Å². The third-order valence-electron chi connectivity index (χ3n) is 6.16. The minimum absolute atomic E-state index is 0.0557. The van der Waals surface area contributed by atoms with Crippen LogP contribution in [0.25, 0.3) is 10.9 Å². The van der Waals surface area contributed by atoms with E-state index in [-0.39, 0.29) is 6.04 Å². The fraction of sp³-hybridized carbons (Fsp3) is 0.348. The van der Waals surface area contributed by atoms with Crippen LogP contribution in [0.2, 0.25) is 0 Å². The van der Waals surface area contributed by atoms with Crippen molar-refractivity contribution in [1.82, 2.24) is 9.29 Å². The monoisotopic (exact) mass is 407 g/mol. The first-order valence-electron chi connectivity index (χ1n) is 10.3. The van der Waals surface area contributed by atoms with Gasteiger partial charge in [0, 0.05) is 30.2 Å². The summed E-state index contributed by atoms with van der Waals surface area (Å²) in [7, 11) is -3.47. The SMILES string of the molecule is C[C@@H]1CCCCN1S(=O)(=O)c1ccc2nc(N3CCc4ccccc43)ccc2c1. The first-order valence-corrected chi connectivity index (χ1v) is 11.8. The second kappa shape index (κ2) is 7.11. The summed E-state index contributed by atoms with van der Waals surface area (Å²) in [6, 6.07) is 17.7. The molecule has 0 aliphatic carbocycles. The number of fused-ring (bicyclic) bond motifs is 2. The Balaban J connectivity index is 1.49. The Bertz CT molecular complexity index is 1180. The number of nitrogens with zero attached hydrogens (tertiary/aromatic N) is 3. The summed E-state index contributed by atoms with van der Waals surface area (Å²) >= 11 is 0. The molecule has 6 heteroatoms. The lowest BCUT2D eigenvalue weighted by molar-refractivity contribution is 0.268. The van der Waals surface area contributed by atoms with Crippen LogP contribution in [0, 0.1) is 0 Å². The van der Waals surface area contributed by atoms with Crippen molar-refractivity contribution in [3.8, 4) is 0 Å². The van der Waals surface area contributed by atoms with E-state index in [9.17, 15) is 8.42 Å². The molecular weight excluding hydrogens is 382 g/mol. The Hall–Kier alpha value is -2.44. The molecule has 3 heterocycles. The maximum atomic E-state index is 13.2. The Morgan fingerprint density at radius 1 is 1.00 bits per heavy atom. The highest BCUT2D eigenvalue weighted by Gasteiger charge is 2.31. The molecule has 2 aliphatic rings. The lowest BCUT2D eigenvalue weighted by Gasteiger charge is -2.32. The molecule has 0 amide bonds. The van der Waals surface area contributed by atoms with Gasteiger partial charge in [-0.15, -0.1) is 0 Å². The van der Waals surface area contributed by atoms with Gasteiger partial charge in [-0.05, 0) is 68.1 Å². The zero-order valence-corrected chi connectivity index (χ0v) is 17.4. The molecule has 0 N–H and O–H groups in total. The first-order chi connectivity index (χ1) is 14.0. The van der Waals surface area contributed by atoms with Gasteiger partial charge in [-0.3, -0.25) is 0 Å². The number of hydrogen-bond donors (Lipinski definition) is 0. The standard InChI is InChI=1S/C23H25N3O2S/c1-17-6-4-5-14-26(17)29(27,28)20-10-11-21-19(16-20)9-12-23(24-21)25-15-13-18-7-2-3-8-22(18)25/h2-3,7-12,16-17H,4-6,13-15H2,1H3/t17-/m1/s1. The van der Waals surface area contributed by atoms with Gasteiger partial charge in [0.15, 0.2) is 0 Å². The molecule has 0 radical (unpaired) electrons. The van der Waals surface area contributed by atoms with E-state index in [2.05, 4.69) is 29.2 Å². The van der Waals surface area contributed by atoms with Crippen molar-refractivity contribution >= 4 is 32.4 Å². The predicted octanol–water partition coefficient (Wildman–Crippen LogP) is 4.49. The van der Waals surface area contributed by atoms with Gasteiger partial charge in [0.2, 0.25) is 10.0 Å². The van der Waals surface area contributed by atoms with Crippen LogP contribution < -0.4 is 4.90 Å². The van der Waals surface area contributed by atoms with Crippen LogP contribution in [-0.4, -0.2) is 36.8 Å². The van der Waals surface area contributed by atoms with Gasteiger partial charge in [0.1, 0.15) is 5.82 Å². The summed E-state index contributed by atoms with van der Waals surface area (Å²) < 4.78 is 28.0. The van der Waals surface area contributed by atoms with Crippen LogP contribution in [0.5, 0.6) is 0 Å². The number of pyridine rings is 1. The van der Waals surface area contributed by atoms with Crippen molar-refractivity contribution in [2.24, 2.45) is 0 Å². The Labute approximate surface area is 172 Å². The Morgan fingerprint density at radius 3 is 2.72 bits per heavy atom. The third-order valence-corrected chi connectivity index (χ3v) is 8.17. The quantitative estimate of drug-likeness (QED) is 0.642. The molecule has 150 valence electrons. The normalized spacial score (nSPS) is 20.2. The van der Waals surface area contributed by atoms with Crippen molar-refractivity contribution in [1.29, 1.82) is 0 Å². The molecule has 1 fully saturated rings. The molecule has 5 nitrogen and oxygen atoms in total. The zero-order valence-electron chi connectivity index (χ0n) is 16.6. The number of anilines is 2. The van der Waals surface area contributed by atoms with Gasteiger partial charge in [0.05, 0.1) is 10.4 Å². The number of sulfonamides is 1. The second-order valence-corrected chi connectivity index (χ2v) is 9.91. The van der Waals surface area contributed by atoms with Gasteiger partial charge in [-0.1, -0.05) is 24.6 Å². The van der Waals surface area contributed by atoms with Crippen LogP contribution in [0.1, 0.15) is 31.7 Å². The molecule has 2 aliphatic heterocycles. The van der Waals surface area contributed by atoms with Gasteiger partial charge >= 0.3 is 0 Å². The molecule has 0 saturated carbocycles. The van der Waals surface area contributed by atoms with Crippen molar-refractivity contribution in [2.45, 2.75) is 43.5 Å². The molecule has 3 aromatic rings. The predicted molar refractivity (Wildman–Crippen MR) is 116 cm³/mol. The fourth-order valence-electron chi connectivity index (χ4n) is 4.54. The summed E-state index contributed by atoms with van der Waals surface area (Å²) in [6.45, 7) is 3.52. The van der Waals surface area contributed by atoms with E-state index >= 15 is 0 Å². The van der Waals surface area contributed by atoms with E-state index in [4.69, 9.17) is 4.98 Å². The van der Waals surface area contributed by atoms with Crippen molar-refractivity contribution in [3.05, 3.63) is 60.2 Å². The highest BCUT2D eigenvalue weighted by Crippen LogP contribution is 2.34. The summed E-state index contributed by atoms with van der Waals surface area (Å²) in [4.78, 5) is 7.42. The van der Waals surface area contributed by atoms with E-state index < -0.39 is 10.0 Å². The third kappa shape index (κ3) is 3.20. The summed E-state index contributed by atoms with van der Waals surface area (Å²) in [5, 5.41) is 0.854. The molecule has 1 saturated heterocycles. The van der Waals surface area contributed by atoms with Gasteiger partial charge < -0.3 is 4.90 Å². The lowest BCUT2D eigenvalue weighted by Crippen LogP contribution is -2.41. The molecule has 0 unspecified atom stereocenters. The highest BCUT2D eigenvalue weighted by atomic mass is 32.2. The van der Waals surface area contributed by atoms with Gasteiger partial charge in [-0.25, -0.2) is 13.4 Å². The maximum Gasteiger partial charge on any atom is 0.243 e. The fourth-order valence-corrected chi connectivity index (χ4v) is 6.28. The van der Waals surface area contributed by atoms with E-state index in [1.807, 2.05) is 25.1 Å². The lowest BCUT2D eigenvalue weighted by atomic mass is 10.1. The minimum atomic E-state index is -3.47. The number of rotatable bonds is 3. The molecule has 1 atom stereocenters. The van der Waals surface area contributed by atoms with Crippen LogP contribution in [0.4, 0.5) is 11.5 Å². The smallest absolute Gasteiger partial charge is 0.243 e. The number of benzene rings is 2. The average molecular weight is 408 g/mol. The summed E-state index contributed by atoms with van der Waals surface area (Å²) in [5.74, 6) is 0.905. The largest absolute Gasteiger partial charge is 0.326 e. The number of piperidine rings is 1.